The largest absolute Gasteiger partial charge is 0.369 e. The molecule has 0 bridgehead atoms. The fourth-order valence-corrected chi connectivity index (χ4v) is 3.45. The van der Waals surface area contributed by atoms with Crippen LogP contribution in [0.25, 0.3) is 0 Å². The first-order valence-corrected chi connectivity index (χ1v) is 8.11. The second kappa shape index (κ2) is 7.15. The summed E-state index contributed by atoms with van der Waals surface area (Å²) in [4.78, 5) is 2.39. The normalized spacial score (nSPS) is 19.7. The van der Waals surface area contributed by atoms with Crippen molar-refractivity contribution in [3.8, 4) is 0 Å². The molecule has 2 nitrogen and oxygen atoms in total. The molecule has 4 heteroatoms. The quantitative estimate of drug-likeness (QED) is 0.835. The van der Waals surface area contributed by atoms with E-state index in [9.17, 15) is 4.39 Å². The van der Waals surface area contributed by atoms with Crippen molar-refractivity contribution < 1.29 is 4.39 Å². The fourth-order valence-electron chi connectivity index (χ4n) is 2.44. The predicted octanol–water partition coefficient (Wildman–Crippen LogP) is 3.27. The average molecular weight is 282 g/mol. The van der Waals surface area contributed by atoms with Crippen LogP contribution in [0, 0.1) is 5.82 Å². The summed E-state index contributed by atoms with van der Waals surface area (Å²) in [5.74, 6) is 1.01. The van der Waals surface area contributed by atoms with Crippen molar-refractivity contribution in [3.63, 3.8) is 0 Å². The molecule has 1 saturated heterocycles. The van der Waals surface area contributed by atoms with E-state index in [1.54, 1.807) is 12.1 Å². The molecule has 106 valence electrons. The van der Waals surface area contributed by atoms with Crippen LogP contribution >= 0.6 is 11.8 Å². The molecule has 1 atom stereocenters. The molecule has 1 fully saturated rings. The van der Waals surface area contributed by atoms with Gasteiger partial charge in [-0.25, -0.2) is 4.39 Å². The molecule has 0 aliphatic carbocycles. The SMILES string of the molecule is CCCNCc1cc(F)ccc1N1CCSC(C)C1. The lowest BCUT2D eigenvalue weighted by atomic mass is 10.1. The summed E-state index contributed by atoms with van der Waals surface area (Å²) in [5, 5.41) is 4.02. The van der Waals surface area contributed by atoms with Crippen LogP contribution in [0.4, 0.5) is 10.1 Å². The maximum atomic E-state index is 13.4. The third kappa shape index (κ3) is 4.11. The van der Waals surface area contributed by atoms with Crippen molar-refractivity contribution in [2.75, 3.05) is 30.3 Å². The molecular formula is C15H23FN2S. The zero-order valence-corrected chi connectivity index (χ0v) is 12.6. The minimum Gasteiger partial charge on any atom is -0.369 e. The van der Waals surface area contributed by atoms with Gasteiger partial charge >= 0.3 is 0 Å². The van der Waals surface area contributed by atoms with Gasteiger partial charge in [0, 0.05) is 36.3 Å². The van der Waals surface area contributed by atoms with Gasteiger partial charge in [-0.2, -0.15) is 11.8 Å². The van der Waals surface area contributed by atoms with Gasteiger partial charge in [0.1, 0.15) is 5.82 Å². The molecule has 0 amide bonds. The number of nitrogens with zero attached hydrogens (tertiary/aromatic N) is 1. The Morgan fingerprint density at radius 3 is 3.05 bits per heavy atom. The Morgan fingerprint density at radius 2 is 2.32 bits per heavy atom. The van der Waals surface area contributed by atoms with Crippen LogP contribution < -0.4 is 10.2 Å². The second-order valence-corrected chi connectivity index (χ2v) is 6.62. The fraction of sp³-hybridized carbons (Fsp3) is 0.600. The third-order valence-electron chi connectivity index (χ3n) is 3.37. The molecule has 1 unspecified atom stereocenters. The zero-order valence-electron chi connectivity index (χ0n) is 11.8. The Labute approximate surface area is 119 Å². The van der Waals surface area contributed by atoms with E-state index in [2.05, 4.69) is 24.1 Å². The van der Waals surface area contributed by atoms with E-state index in [0.29, 0.717) is 5.25 Å². The molecule has 1 heterocycles. The van der Waals surface area contributed by atoms with Gasteiger partial charge in [-0.15, -0.1) is 0 Å². The first-order valence-electron chi connectivity index (χ1n) is 7.06. The maximum absolute atomic E-state index is 13.4. The van der Waals surface area contributed by atoms with Crippen molar-refractivity contribution >= 4 is 17.4 Å². The number of hydrogen-bond donors (Lipinski definition) is 1. The summed E-state index contributed by atoms with van der Waals surface area (Å²) < 4.78 is 13.4. The van der Waals surface area contributed by atoms with E-state index >= 15 is 0 Å². The minimum absolute atomic E-state index is 0.142. The molecule has 1 N–H and O–H groups in total. The number of rotatable bonds is 5. The molecule has 1 aliphatic heterocycles. The predicted molar refractivity (Wildman–Crippen MR) is 82.5 cm³/mol. The summed E-state index contributed by atoms with van der Waals surface area (Å²) >= 11 is 2.02. The summed E-state index contributed by atoms with van der Waals surface area (Å²) in [6.07, 6.45) is 1.10. The van der Waals surface area contributed by atoms with Gasteiger partial charge in [-0.1, -0.05) is 13.8 Å². The smallest absolute Gasteiger partial charge is 0.123 e. The lowest BCUT2D eigenvalue weighted by Gasteiger charge is -2.34. The summed E-state index contributed by atoms with van der Waals surface area (Å²) in [7, 11) is 0. The van der Waals surface area contributed by atoms with Gasteiger partial charge in [-0.05, 0) is 36.7 Å². The molecule has 0 radical (unpaired) electrons. The topological polar surface area (TPSA) is 15.3 Å². The maximum Gasteiger partial charge on any atom is 0.123 e. The van der Waals surface area contributed by atoms with Gasteiger partial charge < -0.3 is 10.2 Å². The molecular weight excluding hydrogens is 259 g/mol. The first kappa shape index (κ1) is 14.7. The van der Waals surface area contributed by atoms with E-state index < -0.39 is 0 Å². The molecule has 2 rings (SSSR count). The van der Waals surface area contributed by atoms with Gasteiger partial charge in [0.2, 0.25) is 0 Å². The van der Waals surface area contributed by atoms with Crippen molar-refractivity contribution in [3.05, 3.63) is 29.6 Å². The van der Waals surface area contributed by atoms with E-state index in [1.807, 2.05) is 17.8 Å². The average Bonchev–Trinajstić information content (AvgIpc) is 2.39. The third-order valence-corrected chi connectivity index (χ3v) is 4.50. The van der Waals surface area contributed by atoms with E-state index in [1.165, 1.54) is 5.69 Å². The van der Waals surface area contributed by atoms with Crippen LogP contribution in [0.3, 0.4) is 0 Å². The molecule has 1 aromatic rings. The van der Waals surface area contributed by atoms with Crippen LogP contribution in [-0.2, 0) is 6.54 Å². The Bertz CT molecular complexity index is 411. The number of nitrogens with one attached hydrogen (secondary N) is 1. The molecule has 0 aromatic heterocycles. The number of thioether (sulfide) groups is 1. The highest BCUT2D eigenvalue weighted by Crippen LogP contribution is 2.27. The standard InChI is InChI=1S/C15H23FN2S/c1-3-6-17-10-13-9-14(16)4-5-15(13)18-7-8-19-12(2)11-18/h4-5,9,12,17H,3,6-8,10-11H2,1-2H3. The summed E-state index contributed by atoms with van der Waals surface area (Å²) in [6, 6.07) is 5.18. The summed E-state index contributed by atoms with van der Waals surface area (Å²) in [6.45, 7) is 8.23. The highest BCUT2D eigenvalue weighted by Gasteiger charge is 2.19. The summed E-state index contributed by atoms with van der Waals surface area (Å²) in [5.41, 5.74) is 2.27. The molecule has 0 saturated carbocycles. The van der Waals surface area contributed by atoms with Crippen LogP contribution in [0.1, 0.15) is 25.8 Å². The van der Waals surface area contributed by atoms with E-state index in [0.717, 1.165) is 43.9 Å². The van der Waals surface area contributed by atoms with Gasteiger partial charge in [-0.3, -0.25) is 0 Å². The molecule has 0 spiro atoms. The van der Waals surface area contributed by atoms with Crippen molar-refractivity contribution in [2.24, 2.45) is 0 Å². The van der Waals surface area contributed by atoms with E-state index in [-0.39, 0.29) is 5.82 Å². The Balaban J connectivity index is 2.13. The molecule has 1 aromatic carbocycles. The van der Waals surface area contributed by atoms with Crippen molar-refractivity contribution in [1.82, 2.24) is 5.32 Å². The highest BCUT2D eigenvalue weighted by atomic mass is 32.2. The second-order valence-electron chi connectivity index (χ2n) is 5.08. The monoisotopic (exact) mass is 282 g/mol. The number of halogens is 1. The van der Waals surface area contributed by atoms with Crippen LogP contribution in [0.2, 0.25) is 0 Å². The Morgan fingerprint density at radius 1 is 1.47 bits per heavy atom. The van der Waals surface area contributed by atoms with Crippen molar-refractivity contribution in [1.29, 1.82) is 0 Å². The van der Waals surface area contributed by atoms with Crippen molar-refractivity contribution in [2.45, 2.75) is 32.1 Å². The lowest BCUT2D eigenvalue weighted by molar-refractivity contribution is 0.617. The van der Waals surface area contributed by atoms with Gasteiger partial charge in [0.05, 0.1) is 0 Å². The number of hydrogen-bond acceptors (Lipinski definition) is 3. The molecule has 19 heavy (non-hydrogen) atoms. The first-order chi connectivity index (χ1) is 9.20. The van der Waals surface area contributed by atoms with Crippen LogP contribution in [-0.4, -0.2) is 30.6 Å². The lowest BCUT2D eigenvalue weighted by Crippen LogP contribution is -2.37. The van der Waals surface area contributed by atoms with Crippen LogP contribution in [0.5, 0.6) is 0 Å². The van der Waals surface area contributed by atoms with Crippen LogP contribution in [0.15, 0.2) is 18.2 Å². The highest BCUT2D eigenvalue weighted by molar-refractivity contribution is 8.00. The number of anilines is 1. The number of benzene rings is 1. The zero-order chi connectivity index (χ0) is 13.7. The minimum atomic E-state index is -0.142. The molecule has 1 aliphatic rings. The Kier molecular flexibility index (Phi) is 5.52. The Hall–Kier alpha value is -0.740. The van der Waals surface area contributed by atoms with Gasteiger partial charge in [0.25, 0.3) is 0 Å². The van der Waals surface area contributed by atoms with Gasteiger partial charge in [0.15, 0.2) is 0 Å². The van der Waals surface area contributed by atoms with E-state index in [4.69, 9.17) is 0 Å².